The van der Waals surface area contributed by atoms with Gasteiger partial charge in [0.1, 0.15) is 11.6 Å². The molecule has 2 N–H and O–H groups in total. The standard InChI is InChI=1S/C17H20N6O/c1-12-10-15(22-17(19-12)23-6-8-24-9-7-23)18-11-16-20-13-4-2-3-5-14(13)21-16/h2-5,10H,6-9,11H2,1H3,(H,20,21)(H,18,19,22). The molecule has 0 saturated carbocycles. The van der Waals surface area contributed by atoms with Gasteiger partial charge in [0.2, 0.25) is 5.95 Å². The lowest BCUT2D eigenvalue weighted by Gasteiger charge is -2.27. The minimum absolute atomic E-state index is 0.591. The molecule has 4 rings (SSSR count). The van der Waals surface area contributed by atoms with Gasteiger partial charge in [0.25, 0.3) is 0 Å². The zero-order chi connectivity index (χ0) is 16.4. The molecule has 7 heteroatoms. The van der Waals surface area contributed by atoms with E-state index in [1.165, 1.54) is 0 Å². The molecule has 3 aromatic rings. The van der Waals surface area contributed by atoms with E-state index in [1.54, 1.807) is 0 Å². The Bertz CT molecular complexity index is 807. The minimum atomic E-state index is 0.591. The van der Waals surface area contributed by atoms with Crippen molar-refractivity contribution in [2.24, 2.45) is 0 Å². The summed E-state index contributed by atoms with van der Waals surface area (Å²) < 4.78 is 5.39. The fourth-order valence-electron chi connectivity index (χ4n) is 2.81. The molecule has 1 aromatic carbocycles. The Kier molecular flexibility index (Phi) is 4.00. The Balaban J connectivity index is 1.50. The minimum Gasteiger partial charge on any atom is -0.378 e. The number of para-hydroxylation sites is 2. The van der Waals surface area contributed by atoms with E-state index >= 15 is 0 Å². The number of aromatic amines is 1. The number of nitrogens with zero attached hydrogens (tertiary/aromatic N) is 4. The third-order valence-corrected chi connectivity index (χ3v) is 4.01. The molecule has 1 fully saturated rings. The van der Waals surface area contributed by atoms with E-state index in [9.17, 15) is 0 Å². The molecule has 0 radical (unpaired) electrons. The number of morpholine rings is 1. The zero-order valence-corrected chi connectivity index (χ0v) is 13.6. The van der Waals surface area contributed by atoms with Crippen LogP contribution in [0.15, 0.2) is 30.3 Å². The number of hydrogen-bond acceptors (Lipinski definition) is 6. The molecule has 1 aliphatic rings. The summed E-state index contributed by atoms with van der Waals surface area (Å²) in [6.45, 7) is 5.67. The molecule has 124 valence electrons. The number of aryl methyl sites for hydroxylation is 1. The van der Waals surface area contributed by atoms with Crippen molar-refractivity contribution in [2.45, 2.75) is 13.5 Å². The average Bonchev–Trinajstić information content (AvgIpc) is 3.03. The zero-order valence-electron chi connectivity index (χ0n) is 13.6. The smallest absolute Gasteiger partial charge is 0.227 e. The highest BCUT2D eigenvalue weighted by Gasteiger charge is 2.15. The number of hydrogen-bond donors (Lipinski definition) is 2. The summed E-state index contributed by atoms with van der Waals surface area (Å²) in [5.74, 6) is 2.45. The second-order valence-corrected chi connectivity index (χ2v) is 5.85. The quantitative estimate of drug-likeness (QED) is 0.765. The van der Waals surface area contributed by atoms with E-state index in [-0.39, 0.29) is 0 Å². The van der Waals surface area contributed by atoms with Gasteiger partial charge in [-0.1, -0.05) is 12.1 Å². The summed E-state index contributed by atoms with van der Waals surface area (Å²) >= 11 is 0. The van der Waals surface area contributed by atoms with Crippen LogP contribution in [0.4, 0.5) is 11.8 Å². The molecule has 0 atom stereocenters. The number of ether oxygens (including phenoxy) is 1. The Labute approximate surface area is 140 Å². The molecule has 1 saturated heterocycles. The van der Waals surface area contributed by atoms with Gasteiger partial charge in [-0.3, -0.25) is 0 Å². The van der Waals surface area contributed by atoms with Gasteiger partial charge in [-0.15, -0.1) is 0 Å². The van der Waals surface area contributed by atoms with Crippen LogP contribution in [0.1, 0.15) is 11.5 Å². The highest BCUT2D eigenvalue weighted by atomic mass is 16.5. The average molecular weight is 324 g/mol. The van der Waals surface area contributed by atoms with E-state index in [2.05, 4.69) is 30.2 Å². The maximum Gasteiger partial charge on any atom is 0.227 e. The van der Waals surface area contributed by atoms with Gasteiger partial charge >= 0.3 is 0 Å². The van der Waals surface area contributed by atoms with E-state index in [4.69, 9.17) is 4.74 Å². The number of imidazole rings is 1. The van der Waals surface area contributed by atoms with Crippen LogP contribution in [0, 0.1) is 6.92 Å². The molecule has 3 heterocycles. The van der Waals surface area contributed by atoms with Crippen LogP contribution in [0.5, 0.6) is 0 Å². The van der Waals surface area contributed by atoms with Crippen LogP contribution in [0.3, 0.4) is 0 Å². The molecule has 7 nitrogen and oxygen atoms in total. The fraction of sp³-hybridized carbons (Fsp3) is 0.353. The van der Waals surface area contributed by atoms with Crippen molar-refractivity contribution in [3.05, 3.63) is 41.9 Å². The predicted molar refractivity (Wildman–Crippen MR) is 93.2 cm³/mol. The molecule has 0 unspecified atom stereocenters. The molecule has 1 aliphatic heterocycles. The second-order valence-electron chi connectivity index (χ2n) is 5.85. The van der Waals surface area contributed by atoms with Crippen LogP contribution < -0.4 is 10.2 Å². The van der Waals surface area contributed by atoms with Crippen molar-refractivity contribution in [1.82, 2.24) is 19.9 Å². The van der Waals surface area contributed by atoms with Gasteiger partial charge in [-0.25, -0.2) is 9.97 Å². The van der Waals surface area contributed by atoms with Crippen molar-refractivity contribution in [3.63, 3.8) is 0 Å². The predicted octanol–water partition coefficient (Wildman–Crippen LogP) is 2.11. The van der Waals surface area contributed by atoms with Gasteiger partial charge in [0.15, 0.2) is 0 Å². The summed E-state index contributed by atoms with van der Waals surface area (Å²) in [6.07, 6.45) is 0. The van der Waals surface area contributed by atoms with Gasteiger partial charge in [0.05, 0.1) is 30.8 Å². The van der Waals surface area contributed by atoms with Crippen LogP contribution >= 0.6 is 0 Å². The third-order valence-electron chi connectivity index (χ3n) is 4.01. The highest BCUT2D eigenvalue weighted by Crippen LogP contribution is 2.16. The lowest BCUT2D eigenvalue weighted by Crippen LogP contribution is -2.37. The normalized spacial score (nSPS) is 15.0. The molecule has 0 amide bonds. The van der Waals surface area contributed by atoms with Crippen molar-refractivity contribution >= 4 is 22.8 Å². The number of rotatable bonds is 4. The number of benzene rings is 1. The molecule has 0 bridgehead atoms. The summed E-state index contributed by atoms with van der Waals surface area (Å²) in [5.41, 5.74) is 2.96. The highest BCUT2D eigenvalue weighted by molar-refractivity contribution is 5.74. The number of aromatic nitrogens is 4. The van der Waals surface area contributed by atoms with Crippen LogP contribution in [0.2, 0.25) is 0 Å². The van der Waals surface area contributed by atoms with E-state index in [0.717, 1.165) is 60.6 Å². The summed E-state index contributed by atoms with van der Waals surface area (Å²) in [4.78, 5) is 19.2. The first kappa shape index (κ1) is 14.9. The fourth-order valence-corrected chi connectivity index (χ4v) is 2.81. The maximum absolute atomic E-state index is 5.39. The van der Waals surface area contributed by atoms with E-state index in [0.29, 0.717) is 6.54 Å². The number of anilines is 2. The van der Waals surface area contributed by atoms with Crippen LogP contribution in [-0.4, -0.2) is 46.2 Å². The summed E-state index contributed by atoms with van der Waals surface area (Å²) in [5, 5.41) is 3.34. The van der Waals surface area contributed by atoms with Gasteiger partial charge in [0, 0.05) is 24.8 Å². The third kappa shape index (κ3) is 3.16. The summed E-state index contributed by atoms with van der Waals surface area (Å²) in [7, 11) is 0. The maximum atomic E-state index is 5.39. The first-order valence-corrected chi connectivity index (χ1v) is 8.14. The van der Waals surface area contributed by atoms with Crippen molar-refractivity contribution in [2.75, 3.05) is 36.5 Å². The van der Waals surface area contributed by atoms with Gasteiger partial charge < -0.3 is 19.9 Å². The molecule has 0 spiro atoms. The Morgan fingerprint density at radius 1 is 1.17 bits per heavy atom. The number of nitrogens with one attached hydrogen (secondary N) is 2. The molecular formula is C17H20N6O. The van der Waals surface area contributed by atoms with Crippen LogP contribution in [-0.2, 0) is 11.3 Å². The first-order chi connectivity index (χ1) is 11.8. The molecular weight excluding hydrogens is 304 g/mol. The SMILES string of the molecule is Cc1cc(NCc2nc3ccccc3[nH]2)nc(N2CCOCC2)n1. The Morgan fingerprint density at radius 2 is 2.00 bits per heavy atom. The largest absolute Gasteiger partial charge is 0.378 e. The van der Waals surface area contributed by atoms with E-state index in [1.807, 2.05) is 37.3 Å². The van der Waals surface area contributed by atoms with Crippen LogP contribution in [0.25, 0.3) is 11.0 Å². The lowest BCUT2D eigenvalue weighted by atomic mass is 10.3. The van der Waals surface area contributed by atoms with Gasteiger partial charge in [-0.05, 0) is 19.1 Å². The Morgan fingerprint density at radius 3 is 2.83 bits per heavy atom. The molecule has 24 heavy (non-hydrogen) atoms. The summed E-state index contributed by atoms with van der Waals surface area (Å²) in [6, 6.07) is 9.97. The number of H-pyrrole nitrogens is 1. The monoisotopic (exact) mass is 324 g/mol. The first-order valence-electron chi connectivity index (χ1n) is 8.14. The second kappa shape index (κ2) is 6.45. The Hall–Kier alpha value is -2.67. The topological polar surface area (TPSA) is 79.0 Å². The van der Waals surface area contributed by atoms with E-state index < -0.39 is 0 Å². The van der Waals surface area contributed by atoms with Crippen molar-refractivity contribution in [1.29, 1.82) is 0 Å². The lowest BCUT2D eigenvalue weighted by molar-refractivity contribution is 0.122. The van der Waals surface area contributed by atoms with Gasteiger partial charge in [-0.2, -0.15) is 4.98 Å². The molecule has 0 aliphatic carbocycles. The van der Waals surface area contributed by atoms with Crippen molar-refractivity contribution < 1.29 is 4.74 Å². The number of fused-ring (bicyclic) bond motifs is 1. The molecule has 2 aromatic heterocycles. The van der Waals surface area contributed by atoms with Crippen molar-refractivity contribution in [3.8, 4) is 0 Å².